The number of carbonyl (C=O) groups excluding carboxylic acids is 2. The summed E-state index contributed by atoms with van der Waals surface area (Å²) in [7, 11) is 4.82. The summed E-state index contributed by atoms with van der Waals surface area (Å²) in [5, 5.41) is 0. The van der Waals surface area contributed by atoms with Gasteiger partial charge in [-0.05, 0) is 42.7 Å². The number of hydrogen-bond acceptors (Lipinski definition) is 5. The predicted molar refractivity (Wildman–Crippen MR) is 109 cm³/mol. The molecule has 1 aliphatic rings. The Labute approximate surface area is 171 Å². The number of amides is 2. The lowest BCUT2D eigenvalue weighted by atomic mass is 9.93. The molecule has 0 radical (unpaired) electrons. The summed E-state index contributed by atoms with van der Waals surface area (Å²) in [6.07, 6.45) is 2.64. The van der Waals surface area contributed by atoms with Crippen molar-refractivity contribution < 1.29 is 19.1 Å². The van der Waals surface area contributed by atoms with Crippen LogP contribution in [-0.4, -0.2) is 61.1 Å². The van der Waals surface area contributed by atoms with E-state index in [4.69, 9.17) is 9.47 Å². The first-order chi connectivity index (χ1) is 14.0. The molecule has 2 aromatic rings. The van der Waals surface area contributed by atoms with E-state index in [2.05, 4.69) is 4.98 Å². The van der Waals surface area contributed by atoms with Gasteiger partial charge in [-0.15, -0.1) is 0 Å². The zero-order valence-corrected chi connectivity index (χ0v) is 17.1. The van der Waals surface area contributed by atoms with Crippen molar-refractivity contribution in [1.82, 2.24) is 14.8 Å². The first-order valence-corrected chi connectivity index (χ1v) is 9.69. The molecule has 2 amide bonds. The minimum atomic E-state index is -0.339. The Morgan fingerprint density at radius 1 is 1.10 bits per heavy atom. The molecule has 1 fully saturated rings. The number of aromatic nitrogens is 1. The molecule has 1 atom stereocenters. The van der Waals surface area contributed by atoms with E-state index in [0.29, 0.717) is 25.9 Å². The number of nitrogens with zero attached hydrogens (tertiary/aromatic N) is 3. The molecule has 7 nitrogen and oxygen atoms in total. The van der Waals surface area contributed by atoms with Crippen LogP contribution in [0.15, 0.2) is 48.7 Å². The molecule has 154 valence electrons. The van der Waals surface area contributed by atoms with E-state index in [1.54, 1.807) is 23.1 Å². The van der Waals surface area contributed by atoms with Crippen LogP contribution in [0.5, 0.6) is 5.75 Å². The fraction of sp³-hybridized carbons (Fsp3) is 0.409. The van der Waals surface area contributed by atoms with Crippen molar-refractivity contribution in [2.75, 3.05) is 34.4 Å². The average Bonchev–Trinajstić information content (AvgIpc) is 2.79. The van der Waals surface area contributed by atoms with Crippen LogP contribution >= 0.6 is 0 Å². The fourth-order valence-corrected chi connectivity index (χ4v) is 3.77. The maximum atomic E-state index is 13.3. The van der Waals surface area contributed by atoms with Gasteiger partial charge in [-0.1, -0.05) is 18.2 Å². The molecular weight excluding hydrogens is 370 g/mol. The van der Waals surface area contributed by atoms with Gasteiger partial charge >= 0.3 is 6.09 Å². The van der Waals surface area contributed by atoms with Gasteiger partial charge in [-0.25, -0.2) is 4.79 Å². The van der Waals surface area contributed by atoms with E-state index < -0.39 is 0 Å². The molecule has 1 aromatic carbocycles. The summed E-state index contributed by atoms with van der Waals surface area (Å²) >= 11 is 0. The molecule has 1 aromatic heterocycles. The van der Waals surface area contributed by atoms with E-state index in [-0.39, 0.29) is 24.0 Å². The maximum absolute atomic E-state index is 13.3. The highest BCUT2D eigenvalue weighted by molar-refractivity contribution is 5.80. The standard InChI is InChI=1S/C22H27N3O4/c1-24(21(26)17-11-14-25(15-12-17)22(27)29-3)20(19-6-4-5-13-23-19)16-7-9-18(28-2)10-8-16/h4-10,13,17,20H,11-12,14-15H2,1-3H3. The van der Waals surface area contributed by atoms with Crippen LogP contribution in [0.1, 0.15) is 30.1 Å². The number of pyridine rings is 1. The average molecular weight is 397 g/mol. The van der Waals surface area contributed by atoms with Gasteiger partial charge in [0, 0.05) is 32.3 Å². The van der Waals surface area contributed by atoms with Gasteiger partial charge < -0.3 is 19.3 Å². The van der Waals surface area contributed by atoms with Gasteiger partial charge in [0.1, 0.15) is 5.75 Å². The van der Waals surface area contributed by atoms with Crippen molar-refractivity contribution in [3.8, 4) is 5.75 Å². The van der Waals surface area contributed by atoms with Gasteiger partial charge in [0.15, 0.2) is 0 Å². The lowest BCUT2D eigenvalue weighted by Crippen LogP contribution is -2.44. The number of ether oxygens (including phenoxy) is 2. The number of likely N-dealkylation sites (tertiary alicyclic amines) is 1. The van der Waals surface area contributed by atoms with Gasteiger partial charge in [0.2, 0.25) is 5.91 Å². The third-order valence-electron chi connectivity index (χ3n) is 5.41. The third kappa shape index (κ3) is 4.67. The van der Waals surface area contributed by atoms with Crippen LogP contribution in [0.3, 0.4) is 0 Å². The van der Waals surface area contributed by atoms with Gasteiger partial charge in [0.05, 0.1) is 26.0 Å². The van der Waals surface area contributed by atoms with E-state index in [0.717, 1.165) is 17.0 Å². The SMILES string of the molecule is COC(=O)N1CCC(C(=O)N(C)C(c2ccc(OC)cc2)c2ccccn2)CC1. The van der Waals surface area contributed by atoms with Crippen LogP contribution < -0.4 is 4.74 Å². The van der Waals surface area contributed by atoms with E-state index >= 15 is 0 Å². The summed E-state index contributed by atoms with van der Waals surface area (Å²) in [5.41, 5.74) is 1.77. The molecule has 0 bridgehead atoms. The molecule has 1 saturated heterocycles. The Balaban J connectivity index is 1.80. The third-order valence-corrected chi connectivity index (χ3v) is 5.41. The van der Waals surface area contributed by atoms with Crippen molar-refractivity contribution in [3.05, 3.63) is 59.9 Å². The largest absolute Gasteiger partial charge is 0.497 e. The molecule has 1 unspecified atom stereocenters. The number of piperidine rings is 1. The maximum Gasteiger partial charge on any atom is 0.409 e. The van der Waals surface area contributed by atoms with Gasteiger partial charge in [0.25, 0.3) is 0 Å². The molecule has 1 aliphatic heterocycles. The first-order valence-electron chi connectivity index (χ1n) is 9.69. The summed E-state index contributed by atoms with van der Waals surface area (Å²) in [6.45, 7) is 1.04. The molecule has 7 heteroatoms. The topological polar surface area (TPSA) is 72.0 Å². The summed E-state index contributed by atoms with van der Waals surface area (Å²) in [5.74, 6) is 0.684. The van der Waals surface area contributed by atoms with E-state index in [1.807, 2.05) is 49.5 Å². The molecule has 0 saturated carbocycles. The number of carbonyl (C=O) groups is 2. The van der Waals surface area contributed by atoms with Crippen LogP contribution in [0.25, 0.3) is 0 Å². The number of methoxy groups -OCH3 is 2. The van der Waals surface area contributed by atoms with Gasteiger partial charge in [-0.3, -0.25) is 9.78 Å². The lowest BCUT2D eigenvalue weighted by Gasteiger charge is -2.35. The second kappa shape index (κ2) is 9.41. The Bertz CT molecular complexity index is 818. The molecule has 0 N–H and O–H groups in total. The smallest absolute Gasteiger partial charge is 0.409 e. The summed E-state index contributed by atoms with van der Waals surface area (Å²) < 4.78 is 10.0. The minimum Gasteiger partial charge on any atom is -0.497 e. The van der Waals surface area contributed by atoms with Crippen molar-refractivity contribution in [3.63, 3.8) is 0 Å². The molecule has 2 heterocycles. The monoisotopic (exact) mass is 397 g/mol. The normalized spacial score (nSPS) is 15.5. The second-order valence-corrected chi connectivity index (χ2v) is 7.11. The van der Waals surface area contributed by atoms with Crippen molar-refractivity contribution in [1.29, 1.82) is 0 Å². The highest BCUT2D eigenvalue weighted by Gasteiger charge is 2.33. The van der Waals surface area contributed by atoms with Crippen LogP contribution in [0.2, 0.25) is 0 Å². The van der Waals surface area contributed by atoms with E-state index in [1.165, 1.54) is 7.11 Å². The Morgan fingerprint density at radius 2 is 1.79 bits per heavy atom. The second-order valence-electron chi connectivity index (χ2n) is 7.11. The first kappa shape index (κ1) is 20.6. The Hall–Kier alpha value is -3.09. The quantitative estimate of drug-likeness (QED) is 0.775. The van der Waals surface area contributed by atoms with Gasteiger partial charge in [-0.2, -0.15) is 0 Å². The molecule has 0 spiro atoms. The molecular formula is C22H27N3O4. The number of rotatable bonds is 5. The Kier molecular flexibility index (Phi) is 6.69. The Morgan fingerprint density at radius 3 is 2.34 bits per heavy atom. The zero-order valence-electron chi connectivity index (χ0n) is 17.1. The predicted octanol–water partition coefficient (Wildman–Crippen LogP) is 3.12. The van der Waals surface area contributed by atoms with Crippen LogP contribution in [0, 0.1) is 5.92 Å². The number of hydrogen-bond donors (Lipinski definition) is 0. The minimum absolute atomic E-state index is 0.0565. The van der Waals surface area contributed by atoms with Crippen molar-refractivity contribution in [2.24, 2.45) is 5.92 Å². The molecule has 3 rings (SSSR count). The zero-order chi connectivity index (χ0) is 20.8. The highest BCUT2D eigenvalue weighted by atomic mass is 16.5. The summed E-state index contributed by atoms with van der Waals surface area (Å²) in [6, 6.07) is 13.1. The van der Waals surface area contributed by atoms with Crippen molar-refractivity contribution in [2.45, 2.75) is 18.9 Å². The lowest BCUT2D eigenvalue weighted by molar-refractivity contribution is -0.137. The van der Waals surface area contributed by atoms with E-state index in [9.17, 15) is 9.59 Å². The summed E-state index contributed by atoms with van der Waals surface area (Å²) in [4.78, 5) is 32.9. The van der Waals surface area contributed by atoms with Crippen LogP contribution in [0.4, 0.5) is 4.79 Å². The highest BCUT2D eigenvalue weighted by Crippen LogP contribution is 2.30. The molecule has 29 heavy (non-hydrogen) atoms. The van der Waals surface area contributed by atoms with Crippen molar-refractivity contribution >= 4 is 12.0 Å². The number of benzene rings is 1. The fourth-order valence-electron chi connectivity index (χ4n) is 3.77. The van der Waals surface area contributed by atoms with Crippen LogP contribution in [-0.2, 0) is 9.53 Å². The molecule has 0 aliphatic carbocycles.